The van der Waals surface area contributed by atoms with E-state index >= 15 is 0 Å². The molecule has 0 aromatic carbocycles. The number of aliphatic hydroxyl groups excluding tert-OH is 1. The van der Waals surface area contributed by atoms with Gasteiger partial charge in [-0.3, -0.25) is 0 Å². The average Bonchev–Trinajstić information content (AvgIpc) is 2.23. The number of carbonyl (C=O) groups is 2. The summed E-state index contributed by atoms with van der Waals surface area (Å²) in [5, 5.41) is 25.0. The van der Waals surface area contributed by atoms with Crippen LogP contribution in [0.25, 0.3) is 0 Å². The Morgan fingerprint density at radius 3 is 2.50 bits per heavy atom. The summed E-state index contributed by atoms with van der Waals surface area (Å²) in [7, 11) is 1.81. The Morgan fingerprint density at radius 2 is 2.00 bits per heavy atom. The summed E-state index contributed by atoms with van der Waals surface area (Å²) in [5.41, 5.74) is 0. The number of aliphatic carboxylic acids is 1. The monoisotopic (exact) mass is 233 g/mol. The highest BCUT2D eigenvalue weighted by Gasteiger charge is 2.18. The smallest absolute Gasteiger partial charge is 0.326 e. The first kappa shape index (κ1) is 14.7. The van der Waals surface area contributed by atoms with Crippen LogP contribution in [0.15, 0.2) is 0 Å². The molecule has 0 bridgehead atoms. The zero-order valence-electron chi connectivity index (χ0n) is 9.32. The van der Waals surface area contributed by atoms with Crippen molar-refractivity contribution in [1.82, 2.24) is 16.0 Å². The number of hydrogen-bond donors (Lipinski definition) is 5. The fourth-order valence-electron chi connectivity index (χ4n) is 1.06. The normalized spacial score (nSPS) is 11.9. The highest BCUT2D eigenvalue weighted by molar-refractivity contribution is 5.82. The van der Waals surface area contributed by atoms with E-state index in [-0.39, 0.29) is 13.0 Å². The van der Waals surface area contributed by atoms with Crippen molar-refractivity contribution in [2.45, 2.75) is 18.9 Å². The molecule has 7 heteroatoms. The molecule has 0 fully saturated rings. The largest absolute Gasteiger partial charge is 0.480 e. The molecule has 1 atom stereocenters. The SMILES string of the molecule is CNCCCNC(=O)N[C@@H](CCO)C(=O)O. The van der Waals surface area contributed by atoms with Crippen molar-refractivity contribution in [3.8, 4) is 0 Å². The van der Waals surface area contributed by atoms with E-state index in [1.165, 1.54) is 0 Å². The van der Waals surface area contributed by atoms with E-state index in [4.69, 9.17) is 10.2 Å². The van der Waals surface area contributed by atoms with Gasteiger partial charge in [-0.05, 0) is 20.0 Å². The molecule has 0 spiro atoms. The third kappa shape index (κ3) is 7.02. The summed E-state index contributed by atoms with van der Waals surface area (Å²) in [5.74, 6) is -1.15. The molecule has 0 saturated heterocycles. The topological polar surface area (TPSA) is 111 Å². The van der Waals surface area contributed by atoms with Gasteiger partial charge in [0.05, 0.1) is 0 Å². The molecular formula is C9H19N3O4. The van der Waals surface area contributed by atoms with E-state index in [1.807, 2.05) is 7.05 Å². The molecule has 0 saturated carbocycles. The molecule has 0 aliphatic carbocycles. The van der Waals surface area contributed by atoms with Crippen LogP contribution < -0.4 is 16.0 Å². The molecule has 0 heterocycles. The van der Waals surface area contributed by atoms with Crippen molar-refractivity contribution in [3.63, 3.8) is 0 Å². The summed E-state index contributed by atoms with van der Waals surface area (Å²) >= 11 is 0. The van der Waals surface area contributed by atoms with E-state index in [0.29, 0.717) is 6.54 Å². The maximum atomic E-state index is 11.2. The van der Waals surface area contributed by atoms with Gasteiger partial charge in [-0.15, -0.1) is 0 Å². The molecule has 0 unspecified atom stereocenters. The molecule has 16 heavy (non-hydrogen) atoms. The molecule has 5 N–H and O–H groups in total. The van der Waals surface area contributed by atoms with Gasteiger partial charge < -0.3 is 26.2 Å². The quantitative estimate of drug-likeness (QED) is 0.336. The van der Waals surface area contributed by atoms with Gasteiger partial charge in [0.15, 0.2) is 0 Å². The first-order valence-corrected chi connectivity index (χ1v) is 5.14. The van der Waals surface area contributed by atoms with Gasteiger partial charge in [-0.2, -0.15) is 0 Å². The highest BCUT2D eigenvalue weighted by atomic mass is 16.4. The van der Waals surface area contributed by atoms with Crippen LogP contribution in [0.5, 0.6) is 0 Å². The molecule has 0 aliphatic heterocycles. The van der Waals surface area contributed by atoms with Crippen molar-refractivity contribution in [3.05, 3.63) is 0 Å². The Bertz CT molecular complexity index is 223. The lowest BCUT2D eigenvalue weighted by Gasteiger charge is -2.13. The molecule has 0 rings (SSSR count). The molecule has 7 nitrogen and oxygen atoms in total. The van der Waals surface area contributed by atoms with Crippen LogP contribution in [0.1, 0.15) is 12.8 Å². The number of aliphatic hydroxyl groups is 1. The van der Waals surface area contributed by atoms with Crippen molar-refractivity contribution in [2.75, 3.05) is 26.7 Å². The number of nitrogens with one attached hydrogen (secondary N) is 3. The molecule has 2 amide bonds. The first-order valence-electron chi connectivity index (χ1n) is 5.14. The number of carboxylic acid groups (broad SMARTS) is 1. The van der Waals surface area contributed by atoms with Crippen LogP contribution in [0.4, 0.5) is 4.79 Å². The Balaban J connectivity index is 3.77. The third-order valence-corrected chi connectivity index (χ3v) is 1.91. The molecule has 0 aromatic rings. The first-order chi connectivity index (χ1) is 7.61. The van der Waals surface area contributed by atoms with Crippen LogP contribution in [-0.2, 0) is 4.79 Å². The van der Waals surface area contributed by atoms with Gasteiger partial charge >= 0.3 is 12.0 Å². The minimum absolute atomic E-state index is 0.000725. The van der Waals surface area contributed by atoms with Gasteiger partial charge in [0.2, 0.25) is 0 Å². The lowest BCUT2D eigenvalue weighted by molar-refractivity contribution is -0.139. The van der Waals surface area contributed by atoms with Gasteiger partial charge in [-0.25, -0.2) is 9.59 Å². The summed E-state index contributed by atoms with van der Waals surface area (Å²) in [6.45, 7) is 0.967. The molecule has 94 valence electrons. The van der Waals surface area contributed by atoms with Crippen molar-refractivity contribution >= 4 is 12.0 Å². The van der Waals surface area contributed by atoms with E-state index in [1.54, 1.807) is 0 Å². The Morgan fingerprint density at radius 1 is 1.31 bits per heavy atom. The number of urea groups is 1. The number of rotatable bonds is 8. The summed E-state index contributed by atoms with van der Waals surface area (Å²) < 4.78 is 0. The Labute approximate surface area is 94.2 Å². The standard InChI is InChI=1S/C9H19N3O4/c1-10-4-2-5-11-9(16)12-7(3-6-13)8(14)15/h7,10,13H,2-6H2,1H3,(H,14,15)(H2,11,12,16)/t7-/m0/s1. The second-order valence-electron chi connectivity index (χ2n) is 3.26. The van der Waals surface area contributed by atoms with Crippen molar-refractivity contribution in [1.29, 1.82) is 0 Å². The van der Waals surface area contributed by atoms with Gasteiger partial charge in [0.1, 0.15) is 6.04 Å². The van der Waals surface area contributed by atoms with E-state index in [0.717, 1.165) is 13.0 Å². The molecule has 0 aromatic heterocycles. The van der Waals surface area contributed by atoms with E-state index < -0.39 is 18.0 Å². The summed E-state index contributed by atoms with van der Waals surface area (Å²) in [4.78, 5) is 21.8. The van der Waals surface area contributed by atoms with E-state index in [2.05, 4.69) is 16.0 Å². The summed E-state index contributed by atoms with van der Waals surface area (Å²) in [6, 6.07) is -1.58. The fourth-order valence-corrected chi connectivity index (χ4v) is 1.06. The van der Waals surface area contributed by atoms with E-state index in [9.17, 15) is 9.59 Å². The van der Waals surface area contributed by atoms with Crippen molar-refractivity contribution in [2.24, 2.45) is 0 Å². The second-order valence-corrected chi connectivity index (χ2v) is 3.26. The minimum Gasteiger partial charge on any atom is -0.480 e. The average molecular weight is 233 g/mol. The Kier molecular flexibility index (Phi) is 8.18. The second kappa shape index (κ2) is 8.93. The lowest BCUT2D eigenvalue weighted by atomic mass is 10.2. The molecule has 0 radical (unpaired) electrons. The highest BCUT2D eigenvalue weighted by Crippen LogP contribution is 1.90. The van der Waals surface area contributed by atoms with Crippen LogP contribution in [0.3, 0.4) is 0 Å². The van der Waals surface area contributed by atoms with Crippen molar-refractivity contribution < 1.29 is 19.8 Å². The molecular weight excluding hydrogens is 214 g/mol. The van der Waals surface area contributed by atoms with Crippen LogP contribution in [0.2, 0.25) is 0 Å². The van der Waals surface area contributed by atoms with Gasteiger partial charge in [0.25, 0.3) is 0 Å². The Hall–Kier alpha value is -1.34. The zero-order chi connectivity index (χ0) is 12.4. The number of carbonyl (C=O) groups excluding carboxylic acids is 1. The number of amides is 2. The van der Waals surface area contributed by atoms with Crippen LogP contribution in [0, 0.1) is 0 Å². The molecule has 0 aliphatic rings. The zero-order valence-corrected chi connectivity index (χ0v) is 9.32. The van der Waals surface area contributed by atoms with Crippen LogP contribution in [-0.4, -0.2) is 55.0 Å². The predicted octanol–water partition coefficient (Wildman–Crippen LogP) is -1.27. The van der Waals surface area contributed by atoms with Gasteiger partial charge in [-0.1, -0.05) is 0 Å². The lowest BCUT2D eigenvalue weighted by Crippen LogP contribution is -2.46. The predicted molar refractivity (Wildman–Crippen MR) is 58.2 cm³/mol. The number of hydrogen-bond acceptors (Lipinski definition) is 4. The summed E-state index contributed by atoms with van der Waals surface area (Å²) in [6.07, 6.45) is 0.765. The van der Waals surface area contributed by atoms with Gasteiger partial charge in [0, 0.05) is 19.6 Å². The number of carboxylic acids is 1. The fraction of sp³-hybridized carbons (Fsp3) is 0.778. The maximum absolute atomic E-state index is 11.2. The maximum Gasteiger partial charge on any atom is 0.326 e. The minimum atomic E-state index is -1.15. The third-order valence-electron chi connectivity index (χ3n) is 1.91. The van der Waals surface area contributed by atoms with Crippen LogP contribution >= 0.6 is 0 Å².